The topological polar surface area (TPSA) is 86.5 Å². The number of anilines is 1. The van der Waals surface area contributed by atoms with Crippen molar-refractivity contribution in [2.75, 3.05) is 24.6 Å². The number of nitrogens with zero attached hydrogens (tertiary/aromatic N) is 3. The largest absolute Gasteiger partial charge is 0.481 e. The van der Waals surface area contributed by atoms with Gasteiger partial charge in [-0.15, -0.1) is 0 Å². The number of hydrogen-bond acceptors (Lipinski definition) is 5. The highest BCUT2D eigenvalue weighted by Gasteiger charge is 2.23. The van der Waals surface area contributed by atoms with Crippen molar-refractivity contribution in [1.82, 2.24) is 4.98 Å². The van der Waals surface area contributed by atoms with Crippen LogP contribution in [0.3, 0.4) is 0 Å². The Hall–Kier alpha value is -2.13. The van der Waals surface area contributed by atoms with Crippen molar-refractivity contribution in [3.05, 3.63) is 23.4 Å². The zero-order valence-electron chi connectivity index (χ0n) is 10.7. The zero-order valence-corrected chi connectivity index (χ0v) is 10.7. The van der Waals surface area contributed by atoms with Gasteiger partial charge in [0.25, 0.3) is 0 Å². The van der Waals surface area contributed by atoms with E-state index >= 15 is 0 Å². The third kappa shape index (κ3) is 3.42. The van der Waals surface area contributed by atoms with E-state index in [2.05, 4.69) is 11.1 Å². The first-order valence-corrected chi connectivity index (χ1v) is 6.05. The second-order valence-corrected chi connectivity index (χ2v) is 4.50. The minimum atomic E-state index is -0.873. The maximum atomic E-state index is 10.7. The minimum absolute atomic E-state index is 0.0204. The molecule has 1 fully saturated rings. The van der Waals surface area contributed by atoms with E-state index in [1.54, 1.807) is 12.1 Å². The van der Waals surface area contributed by atoms with Crippen molar-refractivity contribution in [1.29, 1.82) is 5.26 Å². The summed E-state index contributed by atoms with van der Waals surface area (Å²) < 4.78 is 5.41. The molecule has 0 saturated carbocycles. The molecule has 6 heteroatoms. The second kappa shape index (κ2) is 5.67. The van der Waals surface area contributed by atoms with Crippen LogP contribution >= 0.6 is 0 Å². The van der Waals surface area contributed by atoms with Crippen LogP contribution in [-0.4, -0.2) is 41.9 Å². The average molecular weight is 261 g/mol. The third-order valence-corrected chi connectivity index (χ3v) is 2.93. The Morgan fingerprint density at radius 2 is 2.47 bits per heavy atom. The number of aliphatic carboxylic acids is 1. The number of morpholine rings is 1. The summed E-state index contributed by atoms with van der Waals surface area (Å²) in [7, 11) is 0. The molecule has 0 aromatic carbocycles. The molecule has 1 aliphatic heterocycles. The molecule has 0 aliphatic carbocycles. The highest BCUT2D eigenvalue weighted by Crippen LogP contribution is 2.18. The molecule has 0 bridgehead atoms. The zero-order chi connectivity index (χ0) is 13.8. The van der Waals surface area contributed by atoms with Crippen molar-refractivity contribution in [3.63, 3.8) is 0 Å². The van der Waals surface area contributed by atoms with Gasteiger partial charge in [0.15, 0.2) is 0 Å². The summed E-state index contributed by atoms with van der Waals surface area (Å²) >= 11 is 0. The molecule has 1 aliphatic rings. The Labute approximate surface area is 111 Å². The first-order chi connectivity index (χ1) is 9.08. The number of ether oxygens (including phenoxy) is 1. The molecule has 100 valence electrons. The maximum absolute atomic E-state index is 10.7. The predicted molar refractivity (Wildman–Crippen MR) is 67.9 cm³/mol. The van der Waals surface area contributed by atoms with Gasteiger partial charge in [0.2, 0.25) is 0 Å². The van der Waals surface area contributed by atoms with Crippen molar-refractivity contribution in [2.24, 2.45) is 0 Å². The van der Waals surface area contributed by atoms with Crippen LogP contribution in [0, 0.1) is 18.3 Å². The predicted octanol–water partition coefficient (Wildman–Crippen LogP) is 0.942. The second-order valence-electron chi connectivity index (χ2n) is 4.50. The summed E-state index contributed by atoms with van der Waals surface area (Å²) in [6.07, 6.45) is -0.355. The molecule has 0 radical (unpaired) electrons. The number of aryl methyl sites for hydroxylation is 1. The molecular weight excluding hydrogens is 246 g/mol. The van der Waals surface area contributed by atoms with Crippen LogP contribution in [0.5, 0.6) is 0 Å². The molecule has 1 atom stereocenters. The van der Waals surface area contributed by atoms with Crippen LogP contribution in [0.2, 0.25) is 0 Å². The van der Waals surface area contributed by atoms with Crippen molar-refractivity contribution >= 4 is 11.8 Å². The number of hydrogen-bond donors (Lipinski definition) is 1. The summed E-state index contributed by atoms with van der Waals surface area (Å²) in [5.74, 6) is -0.169. The van der Waals surface area contributed by atoms with E-state index < -0.39 is 5.97 Å². The number of carboxylic acid groups (broad SMARTS) is 1. The highest BCUT2D eigenvalue weighted by molar-refractivity contribution is 5.67. The monoisotopic (exact) mass is 261 g/mol. The van der Waals surface area contributed by atoms with Crippen molar-refractivity contribution in [2.45, 2.75) is 19.4 Å². The van der Waals surface area contributed by atoms with Crippen LogP contribution in [0.25, 0.3) is 0 Å². The molecule has 6 nitrogen and oxygen atoms in total. The molecule has 19 heavy (non-hydrogen) atoms. The first-order valence-electron chi connectivity index (χ1n) is 6.05. The SMILES string of the molecule is Cc1cc(C#N)cc(N2CCOC(CC(=O)O)C2)n1. The van der Waals surface area contributed by atoms with Crippen LogP contribution < -0.4 is 4.90 Å². The van der Waals surface area contributed by atoms with E-state index in [-0.39, 0.29) is 12.5 Å². The van der Waals surface area contributed by atoms with Crippen molar-refractivity contribution < 1.29 is 14.6 Å². The molecule has 2 heterocycles. The van der Waals surface area contributed by atoms with Gasteiger partial charge in [-0.1, -0.05) is 0 Å². The van der Waals surface area contributed by atoms with Crippen LogP contribution in [0.1, 0.15) is 17.7 Å². The number of nitriles is 1. The summed E-state index contributed by atoms with van der Waals surface area (Å²) in [4.78, 5) is 17.1. The smallest absolute Gasteiger partial charge is 0.306 e. The quantitative estimate of drug-likeness (QED) is 0.871. The van der Waals surface area contributed by atoms with Gasteiger partial charge in [-0.2, -0.15) is 5.26 Å². The Balaban J connectivity index is 2.15. The Kier molecular flexibility index (Phi) is 3.97. The fraction of sp³-hybridized carbons (Fsp3) is 0.462. The van der Waals surface area contributed by atoms with Gasteiger partial charge >= 0.3 is 5.97 Å². The molecule has 1 N–H and O–H groups in total. The standard InChI is InChI=1S/C13H15N3O3/c1-9-4-10(7-14)5-12(15-9)16-2-3-19-11(8-16)6-13(17)18/h4-5,11H,2-3,6,8H2,1H3,(H,17,18). The summed E-state index contributed by atoms with van der Waals surface area (Å²) in [6.45, 7) is 3.43. The van der Waals surface area contributed by atoms with E-state index in [4.69, 9.17) is 15.1 Å². The van der Waals surface area contributed by atoms with Crippen LogP contribution in [0.4, 0.5) is 5.82 Å². The van der Waals surface area contributed by atoms with E-state index in [1.165, 1.54) is 0 Å². The molecular formula is C13H15N3O3. The number of carboxylic acids is 1. The lowest BCUT2D eigenvalue weighted by Crippen LogP contribution is -2.43. The van der Waals surface area contributed by atoms with E-state index in [0.29, 0.717) is 31.1 Å². The lowest BCUT2D eigenvalue weighted by molar-refractivity contribution is -0.140. The molecule has 1 unspecified atom stereocenters. The number of pyridine rings is 1. The lowest BCUT2D eigenvalue weighted by Gasteiger charge is -2.33. The normalized spacial score (nSPS) is 18.9. The third-order valence-electron chi connectivity index (χ3n) is 2.93. The van der Waals surface area contributed by atoms with Crippen LogP contribution in [0.15, 0.2) is 12.1 Å². The van der Waals surface area contributed by atoms with Gasteiger partial charge in [-0.3, -0.25) is 4.79 Å². The van der Waals surface area contributed by atoms with Gasteiger partial charge < -0.3 is 14.7 Å². The average Bonchev–Trinajstić information content (AvgIpc) is 2.37. The lowest BCUT2D eigenvalue weighted by atomic mass is 10.2. The molecule has 1 saturated heterocycles. The first kappa shape index (κ1) is 13.3. The van der Waals surface area contributed by atoms with Gasteiger partial charge in [0.05, 0.1) is 30.8 Å². The molecule has 1 aromatic heterocycles. The van der Waals surface area contributed by atoms with Gasteiger partial charge in [-0.25, -0.2) is 4.98 Å². The molecule has 1 aromatic rings. The minimum Gasteiger partial charge on any atom is -0.481 e. The molecule has 2 rings (SSSR count). The van der Waals surface area contributed by atoms with E-state index in [1.807, 2.05) is 11.8 Å². The Morgan fingerprint density at radius 3 is 3.16 bits per heavy atom. The maximum Gasteiger partial charge on any atom is 0.306 e. The Bertz CT molecular complexity index is 524. The molecule has 0 spiro atoms. The van der Waals surface area contributed by atoms with Crippen molar-refractivity contribution in [3.8, 4) is 6.07 Å². The van der Waals surface area contributed by atoms with E-state index in [0.717, 1.165) is 5.69 Å². The fourth-order valence-corrected chi connectivity index (χ4v) is 2.12. The van der Waals surface area contributed by atoms with Gasteiger partial charge in [0, 0.05) is 18.8 Å². The summed E-state index contributed by atoms with van der Waals surface area (Å²) in [5, 5.41) is 17.7. The number of carbonyl (C=O) groups is 1. The van der Waals surface area contributed by atoms with Crippen LogP contribution in [-0.2, 0) is 9.53 Å². The Morgan fingerprint density at radius 1 is 1.68 bits per heavy atom. The van der Waals surface area contributed by atoms with E-state index in [9.17, 15) is 4.79 Å². The van der Waals surface area contributed by atoms with Gasteiger partial charge in [0.1, 0.15) is 5.82 Å². The van der Waals surface area contributed by atoms with Gasteiger partial charge in [-0.05, 0) is 19.1 Å². The summed E-state index contributed by atoms with van der Waals surface area (Å²) in [6, 6.07) is 5.54. The highest BCUT2D eigenvalue weighted by atomic mass is 16.5. The summed E-state index contributed by atoms with van der Waals surface area (Å²) in [5.41, 5.74) is 1.33. The number of aromatic nitrogens is 1. The fourth-order valence-electron chi connectivity index (χ4n) is 2.12. The number of rotatable bonds is 3. The molecule has 0 amide bonds.